The fraction of sp³-hybridized carbons (Fsp3) is 0.562. The van der Waals surface area contributed by atoms with Crippen LogP contribution >= 0.6 is 0 Å². The van der Waals surface area contributed by atoms with Gasteiger partial charge in [0.1, 0.15) is 0 Å². The quantitative estimate of drug-likeness (QED) is 0.934. The van der Waals surface area contributed by atoms with Crippen molar-refractivity contribution in [3.63, 3.8) is 0 Å². The molecule has 1 aliphatic carbocycles. The highest BCUT2D eigenvalue weighted by molar-refractivity contribution is 5.79. The van der Waals surface area contributed by atoms with Crippen LogP contribution in [0.4, 0.5) is 0 Å². The van der Waals surface area contributed by atoms with Gasteiger partial charge in [0.25, 0.3) is 0 Å². The Kier molecular flexibility index (Phi) is 3.76. The summed E-state index contributed by atoms with van der Waals surface area (Å²) in [5.41, 5.74) is 5.42. The van der Waals surface area contributed by atoms with E-state index in [1.165, 1.54) is 11.3 Å². The Balaban J connectivity index is 1.73. The number of hydrogen-bond acceptors (Lipinski definition) is 3. The number of carbonyl (C=O) groups is 1. The van der Waals surface area contributed by atoms with Crippen LogP contribution in [0, 0.1) is 13.8 Å². The summed E-state index contributed by atoms with van der Waals surface area (Å²) in [5, 5.41) is 11.9. The summed E-state index contributed by atoms with van der Waals surface area (Å²) in [6, 6.07) is 0.0854. The normalized spacial score (nSPS) is 17.4. The lowest BCUT2D eigenvalue weighted by molar-refractivity contribution is -0.121. The molecule has 6 heteroatoms. The van der Waals surface area contributed by atoms with Crippen molar-refractivity contribution in [3.05, 3.63) is 34.4 Å². The second kappa shape index (κ2) is 5.59. The molecule has 2 aromatic heterocycles. The van der Waals surface area contributed by atoms with Crippen LogP contribution in [0.15, 0.2) is 6.20 Å². The molecule has 1 atom stereocenters. The van der Waals surface area contributed by atoms with Gasteiger partial charge in [-0.05, 0) is 33.1 Å². The fourth-order valence-corrected chi connectivity index (χ4v) is 3.34. The van der Waals surface area contributed by atoms with E-state index in [9.17, 15) is 4.79 Å². The van der Waals surface area contributed by atoms with Crippen LogP contribution in [-0.4, -0.2) is 25.5 Å². The zero-order chi connectivity index (χ0) is 15.9. The molecule has 0 saturated carbocycles. The molecule has 0 aromatic carbocycles. The van der Waals surface area contributed by atoms with Crippen molar-refractivity contribution in [1.82, 2.24) is 24.9 Å². The maximum absolute atomic E-state index is 12.4. The van der Waals surface area contributed by atoms with Crippen LogP contribution < -0.4 is 5.32 Å². The van der Waals surface area contributed by atoms with Crippen molar-refractivity contribution in [2.75, 3.05) is 0 Å². The van der Waals surface area contributed by atoms with Gasteiger partial charge in [0.15, 0.2) is 0 Å². The number of aryl methyl sites for hydroxylation is 3. The monoisotopic (exact) mass is 301 g/mol. The molecular formula is C16H23N5O. The highest BCUT2D eigenvalue weighted by Crippen LogP contribution is 2.29. The number of hydrogen-bond donors (Lipinski definition) is 1. The van der Waals surface area contributed by atoms with E-state index in [0.717, 1.165) is 36.2 Å². The van der Waals surface area contributed by atoms with Gasteiger partial charge < -0.3 is 5.32 Å². The molecule has 0 radical (unpaired) electrons. The molecule has 0 bridgehead atoms. The smallest absolute Gasteiger partial charge is 0.225 e. The Bertz CT molecular complexity index is 712. The summed E-state index contributed by atoms with van der Waals surface area (Å²) in [4.78, 5) is 12.4. The van der Waals surface area contributed by atoms with Crippen LogP contribution in [0.1, 0.15) is 47.1 Å². The minimum absolute atomic E-state index is 0.0564. The summed E-state index contributed by atoms with van der Waals surface area (Å²) in [6.45, 7) is 3.96. The zero-order valence-corrected chi connectivity index (χ0v) is 13.7. The molecule has 6 nitrogen and oxygen atoms in total. The van der Waals surface area contributed by atoms with Crippen LogP contribution in [0.3, 0.4) is 0 Å². The van der Waals surface area contributed by atoms with Crippen molar-refractivity contribution in [2.45, 2.75) is 45.6 Å². The number of fused-ring (bicyclic) bond motifs is 1. The molecule has 3 rings (SSSR count). The van der Waals surface area contributed by atoms with E-state index in [0.29, 0.717) is 6.42 Å². The van der Waals surface area contributed by atoms with E-state index in [-0.39, 0.29) is 11.9 Å². The van der Waals surface area contributed by atoms with E-state index in [1.807, 2.05) is 43.5 Å². The summed E-state index contributed by atoms with van der Waals surface area (Å²) in [6.07, 6.45) is 5.38. The maximum atomic E-state index is 12.4. The molecule has 2 heterocycles. The van der Waals surface area contributed by atoms with Crippen molar-refractivity contribution in [2.24, 2.45) is 14.1 Å². The average Bonchev–Trinajstić information content (AvgIpc) is 2.96. The van der Waals surface area contributed by atoms with Gasteiger partial charge in [0, 0.05) is 36.6 Å². The first kappa shape index (κ1) is 14.8. The van der Waals surface area contributed by atoms with Gasteiger partial charge >= 0.3 is 0 Å². The summed E-state index contributed by atoms with van der Waals surface area (Å²) in [7, 11) is 3.87. The van der Waals surface area contributed by atoms with Crippen molar-refractivity contribution in [1.29, 1.82) is 0 Å². The first-order chi connectivity index (χ1) is 10.5. The van der Waals surface area contributed by atoms with Gasteiger partial charge in [0.05, 0.1) is 24.4 Å². The van der Waals surface area contributed by atoms with Crippen LogP contribution in [0.5, 0.6) is 0 Å². The highest BCUT2D eigenvalue weighted by atomic mass is 16.1. The third-order valence-electron chi connectivity index (χ3n) is 4.71. The van der Waals surface area contributed by atoms with Gasteiger partial charge in [-0.25, -0.2) is 0 Å². The van der Waals surface area contributed by atoms with Gasteiger partial charge in [-0.1, -0.05) is 0 Å². The predicted octanol–water partition coefficient (Wildman–Crippen LogP) is 1.51. The van der Waals surface area contributed by atoms with Crippen LogP contribution in [-0.2, 0) is 31.7 Å². The van der Waals surface area contributed by atoms with Crippen molar-refractivity contribution in [3.8, 4) is 0 Å². The molecule has 22 heavy (non-hydrogen) atoms. The molecule has 0 aliphatic heterocycles. The Morgan fingerprint density at radius 3 is 2.82 bits per heavy atom. The standard InChI is InChI=1S/C16H23N5O/c1-10-12(11(2)20(3)19-10)8-16(22)18-14-6-5-7-15-13(14)9-17-21(15)4/h9,14H,5-8H2,1-4H3,(H,18,22). The second-order valence-electron chi connectivity index (χ2n) is 6.13. The van der Waals surface area contributed by atoms with Gasteiger partial charge in [-0.15, -0.1) is 0 Å². The number of amides is 1. The first-order valence-corrected chi connectivity index (χ1v) is 7.76. The van der Waals surface area contributed by atoms with Gasteiger partial charge in [-0.2, -0.15) is 10.2 Å². The van der Waals surface area contributed by atoms with E-state index in [4.69, 9.17) is 0 Å². The number of rotatable bonds is 3. The summed E-state index contributed by atoms with van der Waals surface area (Å²) >= 11 is 0. The number of nitrogens with one attached hydrogen (secondary N) is 1. The van der Waals surface area contributed by atoms with Gasteiger partial charge in [0.2, 0.25) is 5.91 Å². The minimum atomic E-state index is 0.0564. The molecule has 118 valence electrons. The van der Waals surface area contributed by atoms with E-state index in [2.05, 4.69) is 15.5 Å². The Labute approximate surface area is 130 Å². The highest BCUT2D eigenvalue weighted by Gasteiger charge is 2.25. The third-order valence-corrected chi connectivity index (χ3v) is 4.71. The molecule has 0 saturated heterocycles. The molecule has 0 spiro atoms. The van der Waals surface area contributed by atoms with Crippen molar-refractivity contribution < 1.29 is 4.79 Å². The zero-order valence-electron chi connectivity index (χ0n) is 13.7. The van der Waals surface area contributed by atoms with E-state index < -0.39 is 0 Å². The molecule has 1 aliphatic rings. The topological polar surface area (TPSA) is 64.7 Å². The fourth-order valence-electron chi connectivity index (χ4n) is 3.34. The minimum Gasteiger partial charge on any atom is -0.349 e. The molecule has 1 N–H and O–H groups in total. The lowest BCUT2D eigenvalue weighted by atomic mass is 9.92. The SMILES string of the molecule is Cc1nn(C)c(C)c1CC(=O)NC1CCCc2c1cnn2C. The van der Waals surface area contributed by atoms with Crippen molar-refractivity contribution >= 4 is 5.91 Å². The Morgan fingerprint density at radius 1 is 1.36 bits per heavy atom. The third kappa shape index (κ3) is 2.53. The van der Waals surface area contributed by atoms with Crippen LogP contribution in [0.25, 0.3) is 0 Å². The molecule has 0 fully saturated rings. The Morgan fingerprint density at radius 2 is 2.14 bits per heavy atom. The maximum Gasteiger partial charge on any atom is 0.225 e. The average molecular weight is 301 g/mol. The molecule has 2 aromatic rings. The van der Waals surface area contributed by atoms with Gasteiger partial charge in [-0.3, -0.25) is 14.2 Å². The predicted molar refractivity (Wildman–Crippen MR) is 83.4 cm³/mol. The van der Waals surface area contributed by atoms with E-state index >= 15 is 0 Å². The molecule has 1 amide bonds. The summed E-state index contributed by atoms with van der Waals surface area (Å²) in [5.74, 6) is 0.0564. The summed E-state index contributed by atoms with van der Waals surface area (Å²) < 4.78 is 3.75. The number of nitrogens with zero attached hydrogens (tertiary/aromatic N) is 4. The molecule has 1 unspecified atom stereocenters. The lowest BCUT2D eigenvalue weighted by Gasteiger charge is -2.23. The van der Waals surface area contributed by atoms with Crippen LogP contribution in [0.2, 0.25) is 0 Å². The number of carbonyl (C=O) groups excluding carboxylic acids is 1. The Hall–Kier alpha value is -2.11. The number of aromatic nitrogens is 4. The lowest BCUT2D eigenvalue weighted by Crippen LogP contribution is -2.32. The second-order valence-corrected chi connectivity index (χ2v) is 6.13. The molecular weight excluding hydrogens is 278 g/mol. The van der Waals surface area contributed by atoms with E-state index in [1.54, 1.807) is 0 Å². The first-order valence-electron chi connectivity index (χ1n) is 7.76. The largest absolute Gasteiger partial charge is 0.349 e.